The fraction of sp³-hybridized carbons (Fsp3) is 0.611. The molecule has 0 unspecified atom stereocenters. The second-order valence-corrected chi connectivity index (χ2v) is 7.57. The van der Waals surface area contributed by atoms with Crippen LogP contribution in [-0.2, 0) is 9.53 Å². The quantitative estimate of drug-likeness (QED) is 0.902. The third-order valence-electron chi connectivity index (χ3n) is 6.96. The summed E-state index contributed by atoms with van der Waals surface area (Å²) in [6, 6.07) is 7.94. The Morgan fingerprint density at radius 2 is 2.10 bits per heavy atom. The van der Waals surface area contributed by atoms with E-state index in [0.29, 0.717) is 5.92 Å². The SMILES string of the molecule is Cc1ccccc1NC(=O)[C@]12C[C@@H]3CC[C@]1(C)[C@@]3(C)CO2. The Bertz CT molecular complexity index is 627. The van der Waals surface area contributed by atoms with Gasteiger partial charge >= 0.3 is 0 Å². The number of hydrogen-bond acceptors (Lipinski definition) is 2. The summed E-state index contributed by atoms with van der Waals surface area (Å²) in [4.78, 5) is 13.0. The maximum absolute atomic E-state index is 13.0. The van der Waals surface area contributed by atoms with Crippen LogP contribution in [0.2, 0.25) is 0 Å². The number of ether oxygens (including phenoxy) is 1. The summed E-state index contributed by atoms with van der Waals surface area (Å²) < 4.78 is 6.14. The molecule has 3 heteroatoms. The molecule has 4 bridgehead atoms. The zero-order valence-corrected chi connectivity index (χ0v) is 13.0. The molecule has 2 aliphatic carbocycles. The van der Waals surface area contributed by atoms with Gasteiger partial charge in [-0.15, -0.1) is 0 Å². The first-order chi connectivity index (χ1) is 9.93. The lowest BCUT2D eigenvalue weighted by atomic mass is 9.66. The topological polar surface area (TPSA) is 38.3 Å². The van der Waals surface area contributed by atoms with Crippen molar-refractivity contribution in [2.75, 3.05) is 11.9 Å². The van der Waals surface area contributed by atoms with Crippen molar-refractivity contribution in [2.45, 2.75) is 45.6 Å². The van der Waals surface area contributed by atoms with Gasteiger partial charge in [0.2, 0.25) is 0 Å². The van der Waals surface area contributed by atoms with Crippen LogP contribution in [0.4, 0.5) is 5.69 Å². The van der Waals surface area contributed by atoms with Gasteiger partial charge in [0.1, 0.15) is 0 Å². The van der Waals surface area contributed by atoms with Crippen molar-refractivity contribution in [1.82, 2.24) is 0 Å². The first-order valence-corrected chi connectivity index (χ1v) is 7.94. The fourth-order valence-corrected chi connectivity index (χ4v) is 5.19. The summed E-state index contributed by atoms with van der Waals surface area (Å²) in [5.74, 6) is 0.698. The van der Waals surface area contributed by atoms with Gasteiger partial charge in [-0.2, -0.15) is 0 Å². The minimum absolute atomic E-state index is 0.0164. The molecular formula is C18H23NO2. The Kier molecular flexibility index (Phi) is 2.47. The molecule has 1 heterocycles. The van der Waals surface area contributed by atoms with Gasteiger partial charge < -0.3 is 10.1 Å². The Balaban J connectivity index is 1.68. The van der Waals surface area contributed by atoms with Gasteiger partial charge in [-0.3, -0.25) is 4.79 Å². The van der Waals surface area contributed by atoms with Crippen molar-refractivity contribution >= 4 is 11.6 Å². The molecule has 0 radical (unpaired) electrons. The summed E-state index contributed by atoms with van der Waals surface area (Å²) in [5, 5.41) is 3.13. The monoisotopic (exact) mass is 285 g/mol. The Morgan fingerprint density at radius 3 is 2.76 bits per heavy atom. The van der Waals surface area contributed by atoms with Crippen LogP contribution in [0.25, 0.3) is 0 Å². The van der Waals surface area contributed by atoms with Gasteiger partial charge in [0.15, 0.2) is 5.60 Å². The molecule has 21 heavy (non-hydrogen) atoms. The lowest BCUT2D eigenvalue weighted by molar-refractivity contribution is -0.149. The number of para-hydroxylation sites is 1. The minimum atomic E-state index is -0.618. The van der Waals surface area contributed by atoms with E-state index in [1.165, 1.54) is 6.42 Å². The van der Waals surface area contributed by atoms with E-state index < -0.39 is 5.60 Å². The van der Waals surface area contributed by atoms with E-state index in [0.717, 1.165) is 30.7 Å². The Hall–Kier alpha value is -1.35. The molecule has 3 nitrogen and oxygen atoms in total. The van der Waals surface area contributed by atoms with E-state index in [-0.39, 0.29) is 16.7 Å². The largest absolute Gasteiger partial charge is 0.364 e. The zero-order valence-electron chi connectivity index (χ0n) is 13.0. The van der Waals surface area contributed by atoms with Crippen molar-refractivity contribution in [3.05, 3.63) is 29.8 Å². The van der Waals surface area contributed by atoms with Crippen molar-refractivity contribution in [2.24, 2.45) is 16.7 Å². The number of carbonyl (C=O) groups excluding carboxylic acids is 1. The second-order valence-electron chi connectivity index (χ2n) is 7.57. The molecule has 0 aromatic heterocycles. The van der Waals surface area contributed by atoms with Crippen molar-refractivity contribution < 1.29 is 9.53 Å². The molecule has 1 aliphatic heterocycles. The van der Waals surface area contributed by atoms with Crippen LogP contribution in [-0.4, -0.2) is 18.1 Å². The average Bonchev–Trinajstić information content (AvgIpc) is 2.93. The van der Waals surface area contributed by atoms with E-state index in [9.17, 15) is 4.79 Å². The second kappa shape index (κ2) is 3.89. The molecule has 112 valence electrons. The molecule has 1 saturated heterocycles. The van der Waals surface area contributed by atoms with Gasteiger partial charge in [0, 0.05) is 16.5 Å². The minimum Gasteiger partial charge on any atom is -0.364 e. The highest BCUT2D eigenvalue weighted by atomic mass is 16.5. The molecule has 1 aromatic carbocycles. The van der Waals surface area contributed by atoms with Crippen LogP contribution in [0.5, 0.6) is 0 Å². The number of carbonyl (C=O) groups is 1. The number of aryl methyl sites for hydroxylation is 1. The summed E-state index contributed by atoms with van der Waals surface area (Å²) in [7, 11) is 0. The lowest BCUT2D eigenvalue weighted by Crippen LogP contribution is -2.52. The van der Waals surface area contributed by atoms with Crippen molar-refractivity contribution in [3.63, 3.8) is 0 Å². The molecule has 2 saturated carbocycles. The summed E-state index contributed by atoms with van der Waals surface area (Å²) in [5.41, 5.74) is 1.54. The van der Waals surface area contributed by atoms with E-state index in [2.05, 4.69) is 19.2 Å². The van der Waals surface area contributed by atoms with E-state index >= 15 is 0 Å². The van der Waals surface area contributed by atoms with Crippen molar-refractivity contribution in [1.29, 1.82) is 0 Å². The van der Waals surface area contributed by atoms with Crippen LogP contribution < -0.4 is 5.32 Å². The smallest absolute Gasteiger partial charge is 0.257 e. The van der Waals surface area contributed by atoms with Gasteiger partial charge in [0.05, 0.1) is 6.61 Å². The first-order valence-electron chi connectivity index (χ1n) is 7.94. The van der Waals surface area contributed by atoms with Crippen LogP contribution in [0.3, 0.4) is 0 Å². The van der Waals surface area contributed by atoms with E-state index in [1.807, 2.05) is 31.2 Å². The summed E-state index contributed by atoms with van der Waals surface area (Å²) in [6.07, 6.45) is 3.24. The number of anilines is 1. The van der Waals surface area contributed by atoms with Crippen LogP contribution in [0.1, 0.15) is 38.7 Å². The number of amides is 1. The lowest BCUT2D eigenvalue weighted by Gasteiger charge is -2.40. The standard InChI is InChI=1S/C18H23NO2/c1-12-6-4-5-7-14(12)19-15(20)18-10-13-8-9-17(18,3)16(13,2)11-21-18/h4-7,13H,8-11H2,1-3H3,(H,19,20)/t13-,16-,17+,18+/m0/s1. The Labute approximate surface area is 126 Å². The molecule has 1 N–H and O–H groups in total. The highest BCUT2D eigenvalue weighted by Gasteiger charge is 2.78. The number of rotatable bonds is 2. The number of hydrogen-bond donors (Lipinski definition) is 1. The average molecular weight is 285 g/mol. The highest BCUT2D eigenvalue weighted by molar-refractivity contribution is 5.99. The maximum Gasteiger partial charge on any atom is 0.257 e. The third kappa shape index (κ3) is 1.36. The highest BCUT2D eigenvalue weighted by Crippen LogP contribution is 2.75. The molecule has 1 amide bonds. The maximum atomic E-state index is 13.0. The fourth-order valence-electron chi connectivity index (χ4n) is 5.19. The van der Waals surface area contributed by atoms with Crippen molar-refractivity contribution in [3.8, 4) is 0 Å². The van der Waals surface area contributed by atoms with Gasteiger partial charge in [-0.25, -0.2) is 0 Å². The van der Waals surface area contributed by atoms with E-state index in [1.54, 1.807) is 0 Å². The normalized spacial score (nSPS) is 43.3. The van der Waals surface area contributed by atoms with Crippen LogP contribution >= 0.6 is 0 Å². The first kappa shape index (κ1) is 13.3. The molecule has 3 aliphatic rings. The Morgan fingerprint density at radius 1 is 1.33 bits per heavy atom. The summed E-state index contributed by atoms with van der Waals surface area (Å²) in [6.45, 7) is 7.34. The molecule has 1 aromatic rings. The molecular weight excluding hydrogens is 262 g/mol. The van der Waals surface area contributed by atoms with Gasteiger partial charge in [0.25, 0.3) is 5.91 Å². The van der Waals surface area contributed by atoms with Gasteiger partial charge in [-0.05, 0) is 43.7 Å². The van der Waals surface area contributed by atoms with E-state index in [4.69, 9.17) is 4.74 Å². The van der Waals surface area contributed by atoms with Crippen LogP contribution in [0, 0.1) is 23.7 Å². The predicted octanol–water partition coefficient (Wildman–Crippen LogP) is 3.53. The van der Waals surface area contributed by atoms with Gasteiger partial charge in [-0.1, -0.05) is 32.0 Å². The predicted molar refractivity (Wildman–Crippen MR) is 82.0 cm³/mol. The third-order valence-corrected chi connectivity index (χ3v) is 6.96. The molecule has 0 spiro atoms. The molecule has 4 atom stereocenters. The zero-order chi connectivity index (χ0) is 14.9. The number of benzene rings is 1. The number of nitrogens with one attached hydrogen (secondary N) is 1. The molecule has 3 fully saturated rings. The molecule has 4 rings (SSSR count). The van der Waals surface area contributed by atoms with Crippen LogP contribution in [0.15, 0.2) is 24.3 Å². The summed E-state index contributed by atoms with van der Waals surface area (Å²) >= 11 is 0.